The van der Waals surface area contributed by atoms with Crippen LogP contribution in [0.25, 0.3) is 11.4 Å². The van der Waals surface area contributed by atoms with Crippen molar-refractivity contribution in [3.63, 3.8) is 0 Å². The van der Waals surface area contributed by atoms with E-state index in [4.69, 9.17) is 19.2 Å². The number of hydrogen-bond donors (Lipinski definition) is 2. The van der Waals surface area contributed by atoms with Crippen LogP contribution >= 0.6 is 0 Å². The summed E-state index contributed by atoms with van der Waals surface area (Å²) >= 11 is 0. The average Bonchev–Trinajstić information content (AvgIpc) is 3.42. The van der Waals surface area contributed by atoms with Crippen LogP contribution < -0.4 is 15.0 Å². The van der Waals surface area contributed by atoms with E-state index in [-0.39, 0.29) is 6.04 Å². The lowest BCUT2D eigenvalue weighted by Gasteiger charge is -2.39. The largest absolute Gasteiger partial charge is 0.479 e. The fourth-order valence-corrected chi connectivity index (χ4v) is 3.60. The number of aryl methyl sites for hydroxylation is 2. The Kier molecular flexibility index (Phi) is 5.13. The number of nitrogens with one attached hydrogen (secondary N) is 2. The molecule has 0 aliphatic carbocycles. The molecule has 2 N–H and O–H groups in total. The first-order chi connectivity index (χ1) is 15.6. The lowest BCUT2D eigenvalue weighted by atomic mass is 10.0. The number of aromatic amines is 1. The van der Waals surface area contributed by atoms with Gasteiger partial charge in [-0.15, -0.1) is 0 Å². The summed E-state index contributed by atoms with van der Waals surface area (Å²) in [7, 11) is 1.55. The highest BCUT2D eigenvalue weighted by atomic mass is 16.5. The summed E-state index contributed by atoms with van der Waals surface area (Å²) in [5.74, 6) is 3.19. The minimum atomic E-state index is -0.00787. The van der Waals surface area contributed by atoms with Gasteiger partial charge >= 0.3 is 0 Å². The lowest BCUT2D eigenvalue weighted by Crippen LogP contribution is -2.42. The third-order valence-electron chi connectivity index (χ3n) is 5.33. The normalized spacial score (nSPS) is 15.5. The number of ether oxygens (including phenoxy) is 1. The van der Waals surface area contributed by atoms with Crippen LogP contribution in [-0.4, -0.2) is 48.9 Å². The van der Waals surface area contributed by atoms with Crippen molar-refractivity contribution in [2.24, 2.45) is 0 Å². The van der Waals surface area contributed by atoms with Gasteiger partial charge in [-0.25, -0.2) is 15.0 Å². The molecule has 0 spiro atoms. The van der Waals surface area contributed by atoms with E-state index < -0.39 is 0 Å². The van der Waals surface area contributed by atoms with Crippen molar-refractivity contribution in [2.45, 2.75) is 32.7 Å². The molecule has 1 fully saturated rings. The van der Waals surface area contributed by atoms with Gasteiger partial charge in [0, 0.05) is 48.5 Å². The predicted octanol–water partition coefficient (Wildman–Crippen LogP) is 3.22. The average molecular weight is 433 g/mol. The summed E-state index contributed by atoms with van der Waals surface area (Å²) in [4.78, 5) is 20.1. The fraction of sp³-hybridized carbons (Fsp3) is 0.333. The highest BCUT2D eigenvalue weighted by Gasteiger charge is 2.35. The predicted molar refractivity (Wildman–Crippen MR) is 117 cm³/mol. The van der Waals surface area contributed by atoms with Gasteiger partial charge in [-0.1, -0.05) is 12.1 Å². The first-order valence-corrected chi connectivity index (χ1v) is 10.4. The third kappa shape index (κ3) is 3.72. The van der Waals surface area contributed by atoms with E-state index in [1.165, 1.54) is 0 Å². The van der Waals surface area contributed by atoms with Crippen LogP contribution in [0.3, 0.4) is 0 Å². The van der Waals surface area contributed by atoms with E-state index in [9.17, 15) is 0 Å². The first kappa shape index (κ1) is 19.9. The van der Waals surface area contributed by atoms with Crippen LogP contribution in [-0.2, 0) is 6.42 Å². The Hall–Kier alpha value is -4.02. The van der Waals surface area contributed by atoms with Crippen LogP contribution in [0.15, 0.2) is 35.1 Å². The molecule has 1 atom stereocenters. The Morgan fingerprint density at radius 1 is 1.19 bits per heavy atom. The Morgan fingerprint density at radius 2 is 2.06 bits per heavy atom. The molecule has 11 heteroatoms. The number of methoxy groups -OCH3 is 1. The maximum Gasteiger partial charge on any atom is 0.242 e. The first-order valence-electron chi connectivity index (χ1n) is 10.4. The molecule has 1 saturated heterocycles. The highest BCUT2D eigenvalue weighted by molar-refractivity contribution is 5.60. The van der Waals surface area contributed by atoms with Crippen LogP contribution in [0.4, 0.5) is 17.6 Å². The van der Waals surface area contributed by atoms with Gasteiger partial charge in [0.15, 0.2) is 17.3 Å². The van der Waals surface area contributed by atoms with Gasteiger partial charge < -0.3 is 19.5 Å². The monoisotopic (exact) mass is 433 g/mol. The van der Waals surface area contributed by atoms with Crippen molar-refractivity contribution in [1.82, 2.24) is 35.3 Å². The number of aromatic nitrogens is 7. The van der Waals surface area contributed by atoms with Gasteiger partial charge in [0.05, 0.1) is 13.2 Å². The Bertz CT molecular complexity index is 1240. The standard InChI is InChI=1S/C21H23N9O2/c1-4-13-10-17(25-18-9-12(2)27-28-18)26-21(24-13)30-8-5-15(30)16-11-14(29-32-16)19-20(31-3)23-7-6-22-19/h6-7,9-11,15H,4-5,8H2,1-3H3,(H2,24,25,26,27,28)/t15-/m0/s1. The molecule has 164 valence electrons. The fourth-order valence-electron chi connectivity index (χ4n) is 3.60. The number of anilines is 3. The van der Waals surface area contributed by atoms with E-state index in [1.807, 2.05) is 25.1 Å². The molecule has 0 unspecified atom stereocenters. The Balaban J connectivity index is 1.40. The quantitative estimate of drug-likeness (QED) is 0.448. The minimum absolute atomic E-state index is 0.00787. The number of nitrogens with zero attached hydrogens (tertiary/aromatic N) is 7. The molecule has 11 nitrogen and oxygen atoms in total. The van der Waals surface area contributed by atoms with E-state index >= 15 is 0 Å². The molecule has 0 saturated carbocycles. The molecular formula is C21H23N9O2. The van der Waals surface area contributed by atoms with E-state index in [2.05, 4.69) is 42.5 Å². The van der Waals surface area contributed by atoms with Crippen LogP contribution in [0.1, 0.15) is 36.5 Å². The molecule has 5 heterocycles. The molecule has 1 aliphatic rings. The number of rotatable bonds is 7. The van der Waals surface area contributed by atoms with Crippen LogP contribution in [0, 0.1) is 6.92 Å². The van der Waals surface area contributed by atoms with Gasteiger partial charge in [0.2, 0.25) is 11.8 Å². The summed E-state index contributed by atoms with van der Waals surface area (Å²) < 4.78 is 10.9. The summed E-state index contributed by atoms with van der Waals surface area (Å²) in [6.45, 7) is 4.84. The maximum absolute atomic E-state index is 5.66. The SMILES string of the molecule is CCc1cc(Nc2cc(C)[nH]n2)nc(N2CC[C@H]2c2cc(-c3nccnc3OC)no2)n1. The van der Waals surface area contributed by atoms with Gasteiger partial charge in [-0.05, 0) is 19.8 Å². The van der Waals surface area contributed by atoms with Crippen molar-refractivity contribution in [2.75, 3.05) is 23.9 Å². The minimum Gasteiger partial charge on any atom is -0.479 e. The second kappa shape index (κ2) is 8.25. The van der Waals surface area contributed by atoms with E-state index in [1.54, 1.807) is 19.5 Å². The van der Waals surface area contributed by atoms with Crippen molar-refractivity contribution in [1.29, 1.82) is 0 Å². The summed E-state index contributed by atoms with van der Waals surface area (Å²) in [5.41, 5.74) is 3.04. The van der Waals surface area contributed by atoms with Crippen molar-refractivity contribution >= 4 is 17.6 Å². The lowest BCUT2D eigenvalue weighted by molar-refractivity contribution is 0.315. The van der Waals surface area contributed by atoms with Crippen LogP contribution in [0.5, 0.6) is 5.88 Å². The molecule has 0 radical (unpaired) electrons. The molecule has 4 aromatic rings. The second-order valence-electron chi connectivity index (χ2n) is 7.49. The van der Waals surface area contributed by atoms with Crippen LogP contribution in [0.2, 0.25) is 0 Å². The maximum atomic E-state index is 5.66. The zero-order valence-corrected chi connectivity index (χ0v) is 18.0. The topological polar surface area (TPSA) is 131 Å². The zero-order valence-electron chi connectivity index (χ0n) is 18.0. The molecule has 4 aromatic heterocycles. The molecule has 0 aromatic carbocycles. The Labute approximate surface area is 184 Å². The van der Waals surface area contributed by atoms with Gasteiger partial charge in [0.25, 0.3) is 0 Å². The molecule has 0 bridgehead atoms. The summed E-state index contributed by atoms with van der Waals surface area (Å²) in [5, 5.41) is 14.6. The Morgan fingerprint density at radius 3 is 2.78 bits per heavy atom. The summed E-state index contributed by atoms with van der Waals surface area (Å²) in [6.07, 6.45) is 4.88. The second-order valence-corrected chi connectivity index (χ2v) is 7.49. The zero-order chi connectivity index (χ0) is 22.1. The third-order valence-corrected chi connectivity index (χ3v) is 5.33. The van der Waals surface area contributed by atoms with E-state index in [0.717, 1.165) is 36.5 Å². The molecule has 32 heavy (non-hydrogen) atoms. The molecule has 5 rings (SSSR count). The highest BCUT2D eigenvalue weighted by Crippen LogP contribution is 2.38. The molecule has 1 aliphatic heterocycles. The summed E-state index contributed by atoms with van der Waals surface area (Å²) in [6, 6.07) is 5.73. The van der Waals surface area contributed by atoms with E-state index in [0.29, 0.717) is 34.9 Å². The smallest absolute Gasteiger partial charge is 0.242 e. The van der Waals surface area contributed by atoms with Crippen molar-refractivity contribution < 1.29 is 9.26 Å². The van der Waals surface area contributed by atoms with Gasteiger partial charge in [-0.3, -0.25) is 5.10 Å². The number of H-pyrrole nitrogens is 1. The van der Waals surface area contributed by atoms with Crippen molar-refractivity contribution in [3.05, 3.63) is 47.7 Å². The molecular weight excluding hydrogens is 410 g/mol. The number of hydrogen-bond acceptors (Lipinski definition) is 10. The van der Waals surface area contributed by atoms with Gasteiger partial charge in [-0.2, -0.15) is 10.1 Å². The van der Waals surface area contributed by atoms with Crippen molar-refractivity contribution in [3.8, 4) is 17.3 Å². The molecule has 0 amide bonds. The van der Waals surface area contributed by atoms with Gasteiger partial charge in [0.1, 0.15) is 11.5 Å².